The molecule has 0 unspecified atom stereocenters. The lowest BCUT2D eigenvalue weighted by molar-refractivity contribution is 0.660. The van der Waals surface area contributed by atoms with Crippen molar-refractivity contribution in [2.75, 3.05) is 4.90 Å². The Morgan fingerprint density at radius 3 is 1.72 bits per heavy atom. The van der Waals surface area contributed by atoms with E-state index in [1.54, 1.807) is 0 Å². The zero-order chi connectivity index (χ0) is 33.4. The normalized spacial score (nSPS) is 13.2. The number of aromatic nitrogens is 1. The molecule has 0 N–H and O–H groups in total. The molecule has 0 saturated carbocycles. The van der Waals surface area contributed by atoms with Gasteiger partial charge in [0.25, 0.3) is 0 Å². The molecule has 2 heteroatoms. The Morgan fingerprint density at radius 1 is 0.420 bits per heavy atom. The zero-order valence-corrected chi connectivity index (χ0v) is 28.1. The summed E-state index contributed by atoms with van der Waals surface area (Å²) in [4.78, 5) is 6.77. The first-order valence-electron chi connectivity index (χ1n) is 17.4. The number of hydrogen-bond donors (Lipinski definition) is 0. The maximum absolute atomic E-state index is 4.48. The van der Waals surface area contributed by atoms with Crippen LogP contribution in [0.4, 0.5) is 17.1 Å². The zero-order valence-electron chi connectivity index (χ0n) is 28.1. The maximum Gasteiger partial charge on any atom is 0.0644 e. The molecular formula is C48H34N2. The van der Waals surface area contributed by atoms with E-state index in [1.807, 2.05) is 18.5 Å². The summed E-state index contributed by atoms with van der Waals surface area (Å²) in [6.45, 7) is 4.68. The molecule has 2 nitrogen and oxygen atoms in total. The van der Waals surface area contributed by atoms with Crippen molar-refractivity contribution in [2.24, 2.45) is 0 Å². The van der Waals surface area contributed by atoms with Gasteiger partial charge in [-0.1, -0.05) is 129 Å². The number of benzene rings is 7. The van der Waals surface area contributed by atoms with Gasteiger partial charge in [-0.05, 0) is 120 Å². The fourth-order valence-electron chi connectivity index (χ4n) is 8.47. The van der Waals surface area contributed by atoms with E-state index in [0.717, 1.165) is 17.1 Å². The molecule has 10 rings (SSSR count). The highest BCUT2D eigenvalue weighted by molar-refractivity contribution is 6.18. The Balaban J connectivity index is 1.01. The molecule has 0 aliphatic heterocycles. The van der Waals surface area contributed by atoms with Gasteiger partial charge in [0.1, 0.15) is 0 Å². The third kappa shape index (κ3) is 4.25. The van der Waals surface area contributed by atoms with Gasteiger partial charge in [-0.15, -0.1) is 0 Å². The number of hydrogen-bond acceptors (Lipinski definition) is 2. The van der Waals surface area contributed by atoms with E-state index in [-0.39, 0.29) is 5.41 Å². The van der Waals surface area contributed by atoms with E-state index in [4.69, 9.17) is 0 Å². The SMILES string of the molecule is CC1(C)c2ccccc2-c2ccc(-c3ccc(N(c4ccc(-c5ccc6c7c(cccc57)-c5ccccc5-6)cc4)c4cccnc4)cc3)cc21. The van der Waals surface area contributed by atoms with Crippen LogP contribution in [0.5, 0.6) is 0 Å². The largest absolute Gasteiger partial charge is 0.309 e. The molecule has 2 aliphatic rings. The predicted octanol–water partition coefficient (Wildman–Crippen LogP) is 13.0. The highest BCUT2D eigenvalue weighted by Gasteiger charge is 2.35. The molecule has 0 fully saturated rings. The van der Waals surface area contributed by atoms with Crippen molar-refractivity contribution in [3.63, 3.8) is 0 Å². The van der Waals surface area contributed by atoms with Crippen molar-refractivity contribution in [1.82, 2.24) is 4.98 Å². The Labute approximate surface area is 293 Å². The van der Waals surface area contributed by atoms with Crippen LogP contribution in [0.15, 0.2) is 170 Å². The average molecular weight is 639 g/mol. The fourth-order valence-corrected chi connectivity index (χ4v) is 8.47. The Bertz CT molecular complexity index is 2570. The second-order valence-electron chi connectivity index (χ2n) is 14.0. The van der Waals surface area contributed by atoms with Crippen molar-refractivity contribution in [1.29, 1.82) is 0 Å². The molecule has 1 aromatic heterocycles. The third-order valence-electron chi connectivity index (χ3n) is 10.9. The second-order valence-corrected chi connectivity index (χ2v) is 14.0. The molecule has 50 heavy (non-hydrogen) atoms. The summed E-state index contributed by atoms with van der Waals surface area (Å²) in [5.41, 5.74) is 18.9. The predicted molar refractivity (Wildman–Crippen MR) is 209 cm³/mol. The summed E-state index contributed by atoms with van der Waals surface area (Å²) in [6.07, 6.45) is 3.76. The molecule has 2 aliphatic carbocycles. The Kier molecular flexibility index (Phi) is 6.25. The molecule has 8 aromatic rings. The number of rotatable bonds is 5. The minimum Gasteiger partial charge on any atom is -0.309 e. The third-order valence-corrected chi connectivity index (χ3v) is 10.9. The minimum atomic E-state index is -0.0249. The first kappa shape index (κ1) is 28.7. The minimum absolute atomic E-state index is 0.0249. The summed E-state index contributed by atoms with van der Waals surface area (Å²) in [5.74, 6) is 0. The van der Waals surface area contributed by atoms with Crippen LogP contribution in [-0.2, 0) is 5.41 Å². The Hall–Kier alpha value is -6.25. The van der Waals surface area contributed by atoms with Crippen molar-refractivity contribution < 1.29 is 0 Å². The highest BCUT2D eigenvalue weighted by atomic mass is 15.1. The molecule has 0 atom stereocenters. The van der Waals surface area contributed by atoms with Crippen molar-refractivity contribution in [2.45, 2.75) is 19.3 Å². The first-order chi connectivity index (χ1) is 24.6. The van der Waals surface area contributed by atoms with Crippen LogP contribution in [-0.4, -0.2) is 4.98 Å². The van der Waals surface area contributed by atoms with Gasteiger partial charge in [-0.3, -0.25) is 4.98 Å². The monoisotopic (exact) mass is 638 g/mol. The van der Waals surface area contributed by atoms with E-state index in [0.29, 0.717) is 0 Å². The van der Waals surface area contributed by atoms with Crippen LogP contribution >= 0.6 is 0 Å². The topological polar surface area (TPSA) is 16.1 Å². The van der Waals surface area contributed by atoms with Gasteiger partial charge < -0.3 is 4.90 Å². The van der Waals surface area contributed by atoms with Gasteiger partial charge in [0.2, 0.25) is 0 Å². The van der Waals surface area contributed by atoms with Gasteiger partial charge in [-0.2, -0.15) is 0 Å². The van der Waals surface area contributed by atoms with Crippen LogP contribution in [0, 0.1) is 0 Å². The van der Waals surface area contributed by atoms with Gasteiger partial charge in [-0.25, -0.2) is 0 Å². The molecular weight excluding hydrogens is 605 g/mol. The molecule has 0 bridgehead atoms. The number of nitrogens with zero attached hydrogens (tertiary/aromatic N) is 2. The fraction of sp³-hybridized carbons (Fsp3) is 0.0625. The quantitative estimate of drug-likeness (QED) is 0.186. The van der Waals surface area contributed by atoms with Crippen LogP contribution in [0.2, 0.25) is 0 Å². The van der Waals surface area contributed by atoms with E-state index < -0.39 is 0 Å². The first-order valence-corrected chi connectivity index (χ1v) is 17.4. The smallest absolute Gasteiger partial charge is 0.0644 e. The van der Waals surface area contributed by atoms with Crippen LogP contribution in [0.25, 0.3) is 66.4 Å². The van der Waals surface area contributed by atoms with Gasteiger partial charge in [0.05, 0.1) is 11.9 Å². The molecule has 0 saturated heterocycles. The van der Waals surface area contributed by atoms with Gasteiger partial charge >= 0.3 is 0 Å². The van der Waals surface area contributed by atoms with Crippen molar-refractivity contribution >= 4 is 27.8 Å². The van der Waals surface area contributed by atoms with E-state index in [1.165, 1.54) is 77.5 Å². The lowest BCUT2D eigenvalue weighted by atomic mass is 9.81. The maximum atomic E-state index is 4.48. The molecule has 236 valence electrons. The average Bonchev–Trinajstić information content (AvgIpc) is 3.62. The highest BCUT2D eigenvalue weighted by Crippen LogP contribution is 2.51. The van der Waals surface area contributed by atoms with Crippen LogP contribution in [0.1, 0.15) is 25.0 Å². The summed E-state index contributed by atoms with van der Waals surface area (Å²) in [7, 11) is 0. The molecule has 7 aromatic carbocycles. The standard InChI is InChI=1S/C48H34N2/c1-48(2)45-15-6-5-12-40(45)41-25-20-33(29-46(41)48)31-16-21-34(22-17-31)50(36-9-8-28-49-30-36)35-23-18-32(19-24-35)37-26-27-44-39-11-4-3-10-38(39)43-14-7-13-42(37)47(43)44/h3-30H,1-2H3. The number of fused-ring (bicyclic) bond motifs is 6. The summed E-state index contributed by atoms with van der Waals surface area (Å²) in [5, 5.41) is 2.64. The lowest BCUT2D eigenvalue weighted by Crippen LogP contribution is -2.14. The number of pyridine rings is 1. The second kappa shape index (κ2) is 10.9. The summed E-state index contributed by atoms with van der Waals surface area (Å²) >= 11 is 0. The molecule has 1 heterocycles. The molecule has 0 spiro atoms. The van der Waals surface area contributed by atoms with Gasteiger partial charge in [0.15, 0.2) is 0 Å². The summed E-state index contributed by atoms with van der Waals surface area (Å²) in [6, 6.07) is 57.9. The van der Waals surface area contributed by atoms with Crippen molar-refractivity contribution in [3.8, 4) is 55.6 Å². The van der Waals surface area contributed by atoms with Crippen LogP contribution < -0.4 is 4.90 Å². The van der Waals surface area contributed by atoms with E-state index >= 15 is 0 Å². The van der Waals surface area contributed by atoms with E-state index in [9.17, 15) is 0 Å². The molecule has 0 amide bonds. The van der Waals surface area contributed by atoms with E-state index in [2.05, 4.69) is 175 Å². The lowest BCUT2D eigenvalue weighted by Gasteiger charge is -2.25. The van der Waals surface area contributed by atoms with Crippen LogP contribution in [0.3, 0.4) is 0 Å². The van der Waals surface area contributed by atoms with Crippen molar-refractivity contribution in [3.05, 3.63) is 181 Å². The van der Waals surface area contributed by atoms with Gasteiger partial charge in [0, 0.05) is 23.0 Å². The Morgan fingerprint density at radius 2 is 1.00 bits per heavy atom. The molecule has 0 radical (unpaired) electrons. The number of anilines is 3. The summed E-state index contributed by atoms with van der Waals surface area (Å²) < 4.78 is 0.